The van der Waals surface area contributed by atoms with Gasteiger partial charge in [0.05, 0.1) is 0 Å². The molecule has 1 aliphatic rings. The summed E-state index contributed by atoms with van der Waals surface area (Å²) in [5.41, 5.74) is 0. The summed E-state index contributed by atoms with van der Waals surface area (Å²) in [7, 11) is 0. The molecule has 2 atom stereocenters. The summed E-state index contributed by atoms with van der Waals surface area (Å²) in [5, 5.41) is 3.01. The van der Waals surface area contributed by atoms with Crippen molar-refractivity contribution in [1.29, 1.82) is 0 Å². The molecule has 0 aromatic heterocycles. The lowest BCUT2D eigenvalue weighted by atomic mass is 10.2. The maximum atomic E-state index is 11.4. The van der Waals surface area contributed by atoms with Gasteiger partial charge in [-0.05, 0) is 25.7 Å². The molecule has 0 spiro atoms. The van der Waals surface area contributed by atoms with E-state index in [1.165, 1.54) is 0 Å². The van der Waals surface area contributed by atoms with Crippen molar-refractivity contribution < 1.29 is 9.53 Å². The zero-order valence-corrected chi connectivity index (χ0v) is 9.35. The van der Waals surface area contributed by atoms with E-state index in [2.05, 4.69) is 5.32 Å². The van der Waals surface area contributed by atoms with Crippen LogP contribution in [-0.4, -0.2) is 30.5 Å². The molecule has 0 bridgehead atoms. The van der Waals surface area contributed by atoms with E-state index in [0.717, 1.165) is 25.7 Å². The molecule has 1 fully saturated rings. The third-order valence-corrected chi connectivity index (χ3v) is 2.95. The Labute approximate surface area is 90.1 Å². The molecular formula is C10H18ClNO2. The first kappa shape index (κ1) is 11.8. The van der Waals surface area contributed by atoms with E-state index in [0.29, 0.717) is 13.2 Å². The average Bonchev–Trinajstić information content (AvgIpc) is 2.70. The zero-order valence-electron chi connectivity index (χ0n) is 8.59. The molecule has 1 heterocycles. The van der Waals surface area contributed by atoms with Crippen LogP contribution < -0.4 is 5.32 Å². The monoisotopic (exact) mass is 219 g/mol. The Kier molecular flexibility index (Phi) is 5.26. The molecule has 0 aromatic rings. The van der Waals surface area contributed by atoms with Crippen molar-refractivity contribution in [2.75, 3.05) is 13.2 Å². The number of hydrogen-bond acceptors (Lipinski definition) is 2. The first-order valence-electron chi connectivity index (χ1n) is 5.27. The van der Waals surface area contributed by atoms with E-state index in [-0.39, 0.29) is 17.4 Å². The van der Waals surface area contributed by atoms with Crippen molar-refractivity contribution in [1.82, 2.24) is 5.32 Å². The summed E-state index contributed by atoms with van der Waals surface area (Å²) in [6.45, 7) is 3.41. The number of amides is 1. The summed E-state index contributed by atoms with van der Waals surface area (Å²) in [5.74, 6) is 0.0162. The van der Waals surface area contributed by atoms with E-state index >= 15 is 0 Å². The second-order valence-electron chi connectivity index (χ2n) is 3.59. The van der Waals surface area contributed by atoms with Crippen LogP contribution in [0.4, 0.5) is 0 Å². The molecule has 1 amide bonds. The van der Waals surface area contributed by atoms with Crippen LogP contribution in [-0.2, 0) is 9.53 Å². The predicted octanol–water partition coefficient (Wildman–Crippen LogP) is 1.69. The van der Waals surface area contributed by atoms with Gasteiger partial charge in [-0.2, -0.15) is 0 Å². The van der Waals surface area contributed by atoms with Crippen molar-refractivity contribution in [3.63, 3.8) is 0 Å². The highest BCUT2D eigenvalue weighted by Gasteiger charge is 2.22. The Morgan fingerprint density at radius 3 is 3.07 bits per heavy atom. The van der Waals surface area contributed by atoms with Gasteiger partial charge >= 0.3 is 0 Å². The quantitative estimate of drug-likeness (QED) is 0.715. The molecule has 0 aliphatic carbocycles. The van der Waals surface area contributed by atoms with E-state index in [4.69, 9.17) is 16.3 Å². The number of carbonyl (C=O) groups is 1. The second kappa shape index (κ2) is 6.25. The SMILES string of the molecule is CCC(Cl)CCNC(=O)C1CCCO1. The minimum absolute atomic E-state index is 0.0162. The maximum absolute atomic E-state index is 11.4. The summed E-state index contributed by atoms with van der Waals surface area (Å²) in [6, 6.07) is 0. The highest BCUT2D eigenvalue weighted by Crippen LogP contribution is 2.12. The Balaban J connectivity index is 2.08. The Morgan fingerprint density at radius 2 is 2.50 bits per heavy atom. The number of halogens is 1. The molecule has 0 radical (unpaired) electrons. The van der Waals surface area contributed by atoms with Crippen molar-refractivity contribution in [3.05, 3.63) is 0 Å². The molecule has 1 saturated heterocycles. The number of carbonyl (C=O) groups excluding carboxylic acids is 1. The summed E-state index contributed by atoms with van der Waals surface area (Å²) in [6.07, 6.45) is 3.40. The van der Waals surface area contributed by atoms with E-state index < -0.39 is 0 Å². The number of rotatable bonds is 5. The smallest absolute Gasteiger partial charge is 0.249 e. The zero-order chi connectivity index (χ0) is 10.4. The number of alkyl halides is 1. The van der Waals surface area contributed by atoms with Crippen LogP contribution in [0.15, 0.2) is 0 Å². The van der Waals surface area contributed by atoms with Crippen molar-refractivity contribution >= 4 is 17.5 Å². The average molecular weight is 220 g/mol. The molecule has 4 heteroatoms. The second-order valence-corrected chi connectivity index (χ2v) is 4.20. The Hall–Kier alpha value is -0.280. The standard InChI is InChI=1S/C10H18ClNO2/c1-2-8(11)5-6-12-10(13)9-4-3-7-14-9/h8-9H,2-7H2,1H3,(H,12,13). The van der Waals surface area contributed by atoms with Crippen LogP contribution in [0.25, 0.3) is 0 Å². The van der Waals surface area contributed by atoms with Gasteiger partial charge in [0.15, 0.2) is 0 Å². The van der Waals surface area contributed by atoms with Gasteiger partial charge in [-0.3, -0.25) is 4.79 Å². The largest absolute Gasteiger partial charge is 0.368 e. The maximum Gasteiger partial charge on any atom is 0.249 e. The fourth-order valence-corrected chi connectivity index (χ4v) is 1.56. The van der Waals surface area contributed by atoms with Gasteiger partial charge in [0.1, 0.15) is 6.10 Å². The van der Waals surface area contributed by atoms with E-state index in [1.807, 2.05) is 6.92 Å². The summed E-state index contributed by atoms with van der Waals surface area (Å²) >= 11 is 5.93. The lowest BCUT2D eigenvalue weighted by molar-refractivity contribution is -0.130. The van der Waals surface area contributed by atoms with Crippen LogP contribution in [0.5, 0.6) is 0 Å². The first-order valence-corrected chi connectivity index (χ1v) is 5.71. The molecule has 82 valence electrons. The number of hydrogen-bond donors (Lipinski definition) is 1. The Bertz CT molecular complexity index is 181. The normalized spacial score (nSPS) is 23.4. The molecule has 0 aromatic carbocycles. The molecule has 2 unspecified atom stereocenters. The van der Waals surface area contributed by atoms with Crippen molar-refractivity contribution in [2.45, 2.75) is 44.1 Å². The van der Waals surface area contributed by atoms with Crippen LogP contribution in [0.2, 0.25) is 0 Å². The van der Waals surface area contributed by atoms with E-state index in [1.54, 1.807) is 0 Å². The topological polar surface area (TPSA) is 38.3 Å². The molecular weight excluding hydrogens is 202 g/mol. The molecule has 3 nitrogen and oxygen atoms in total. The summed E-state index contributed by atoms with van der Waals surface area (Å²) in [4.78, 5) is 11.4. The highest BCUT2D eigenvalue weighted by molar-refractivity contribution is 6.20. The third-order valence-electron chi connectivity index (χ3n) is 2.42. The van der Waals surface area contributed by atoms with Crippen LogP contribution in [0.1, 0.15) is 32.6 Å². The third kappa shape index (κ3) is 3.84. The first-order chi connectivity index (χ1) is 6.74. The molecule has 14 heavy (non-hydrogen) atoms. The molecule has 1 aliphatic heterocycles. The van der Waals surface area contributed by atoms with Gasteiger partial charge < -0.3 is 10.1 Å². The fraction of sp³-hybridized carbons (Fsp3) is 0.900. The van der Waals surface area contributed by atoms with Gasteiger partial charge in [0.25, 0.3) is 0 Å². The van der Waals surface area contributed by atoms with Crippen molar-refractivity contribution in [2.24, 2.45) is 0 Å². The van der Waals surface area contributed by atoms with Gasteiger partial charge in [-0.15, -0.1) is 11.6 Å². The van der Waals surface area contributed by atoms with Crippen molar-refractivity contribution in [3.8, 4) is 0 Å². The number of nitrogens with one attached hydrogen (secondary N) is 1. The van der Waals surface area contributed by atoms with E-state index in [9.17, 15) is 4.79 Å². The lowest BCUT2D eigenvalue weighted by Crippen LogP contribution is -2.35. The minimum Gasteiger partial charge on any atom is -0.368 e. The molecule has 0 saturated carbocycles. The number of ether oxygens (including phenoxy) is 1. The molecule has 1 N–H and O–H groups in total. The van der Waals surface area contributed by atoms with Gasteiger partial charge in [0, 0.05) is 18.5 Å². The lowest BCUT2D eigenvalue weighted by Gasteiger charge is -2.11. The minimum atomic E-state index is -0.217. The van der Waals surface area contributed by atoms with Crippen LogP contribution in [0, 0.1) is 0 Å². The molecule has 1 rings (SSSR count). The van der Waals surface area contributed by atoms with Gasteiger partial charge in [0.2, 0.25) is 5.91 Å². The van der Waals surface area contributed by atoms with Gasteiger partial charge in [-0.1, -0.05) is 6.92 Å². The fourth-order valence-electron chi connectivity index (χ4n) is 1.45. The predicted molar refractivity (Wildman–Crippen MR) is 56.5 cm³/mol. The van der Waals surface area contributed by atoms with Crippen LogP contribution in [0.3, 0.4) is 0 Å². The van der Waals surface area contributed by atoms with Crippen LogP contribution >= 0.6 is 11.6 Å². The summed E-state index contributed by atoms with van der Waals surface area (Å²) < 4.78 is 5.25. The highest BCUT2D eigenvalue weighted by atomic mass is 35.5. The van der Waals surface area contributed by atoms with Gasteiger partial charge in [-0.25, -0.2) is 0 Å². The Morgan fingerprint density at radius 1 is 1.71 bits per heavy atom.